The number of hydrogen-bond donors (Lipinski definition) is 2. The molecule has 0 radical (unpaired) electrons. The Morgan fingerprint density at radius 3 is 2.43 bits per heavy atom. The van der Waals surface area contributed by atoms with E-state index in [1.807, 2.05) is 0 Å². The lowest BCUT2D eigenvalue weighted by Crippen LogP contribution is -2.05. The van der Waals surface area contributed by atoms with Crippen LogP contribution in [0.2, 0.25) is 0 Å². The van der Waals surface area contributed by atoms with Gasteiger partial charge in [0, 0.05) is 6.54 Å². The maximum atomic E-state index is 11.3. The minimum atomic E-state index is -0.285. The molecule has 0 unspecified atom stereocenters. The van der Waals surface area contributed by atoms with E-state index in [-0.39, 0.29) is 18.7 Å². The number of aliphatic hydroxyl groups excluding tert-OH is 1. The van der Waals surface area contributed by atoms with Crippen LogP contribution < -0.4 is 5.73 Å². The van der Waals surface area contributed by atoms with Crippen molar-refractivity contribution < 1.29 is 9.50 Å². The average molecular weight is 105 g/mol. The second-order valence-electron chi connectivity index (χ2n) is 1.13. The van der Waals surface area contributed by atoms with Crippen molar-refractivity contribution in [2.45, 2.75) is 0 Å². The molecular weight excluding hydrogens is 97.0 g/mol. The van der Waals surface area contributed by atoms with Crippen LogP contribution in [0.4, 0.5) is 4.39 Å². The van der Waals surface area contributed by atoms with Gasteiger partial charge in [0.15, 0.2) is 0 Å². The molecule has 0 bridgehead atoms. The molecule has 0 aromatic carbocycles. The molecule has 3 N–H and O–H groups in total. The molecule has 0 atom stereocenters. The number of rotatable bonds is 2. The molecule has 0 heterocycles. The van der Waals surface area contributed by atoms with Crippen LogP contribution in [-0.2, 0) is 0 Å². The van der Waals surface area contributed by atoms with Crippen molar-refractivity contribution in [2.24, 2.45) is 5.73 Å². The molecule has 0 aromatic heterocycles. The second kappa shape index (κ2) is 3.77. The Kier molecular flexibility index (Phi) is 3.55. The highest BCUT2D eigenvalue weighted by atomic mass is 19.1. The van der Waals surface area contributed by atoms with Crippen LogP contribution in [0.5, 0.6) is 0 Å². The van der Waals surface area contributed by atoms with Crippen molar-refractivity contribution >= 4 is 0 Å². The summed E-state index contributed by atoms with van der Waals surface area (Å²) in [7, 11) is 0. The van der Waals surface area contributed by atoms with E-state index in [0.29, 0.717) is 6.33 Å². The molecule has 7 heavy (non-hydrogen) atoms. The lowest BCUT2D eigenvalue weighted by Gasteiger charge is -1.90. The van der Waals surface area contributed by atoms with Gasteiger partial charge in [-0.1, -0.05) is 0 Å². The Hall–Kier alpha value is -0.410. The van der Waals surface area contributed by atoms with E-state index in [4.69, 9.17) is 10.8 Å². The topological polar surface area (TPSA) is 46.2 Å². The fourth-order valence-electron chi connectivity index (χ4n) is 0.144. The molecule has 0 spiro atoms. The van der Waals surface area contributed by atoms with Gasteiger partial charge in [0.25, 0.3) is 0 Å². The van der Waals surface area contributed by atoms with Gasteiger partial charge in [-0.3, -0.25) is 0 Å². The summed E-state index contributed by atoms with van der Waals surface area (Å²) in [6.45, 7) is -0.194. The van der Waals surface area contributed by atoms with Crippen LogP contribution in [0.25, 0.3) is 0 Å². The zero-order valence-electron chi connectivity index (χ0n) is 3.89. The van der Waals surface area contributed by atoms with E-state index in [1.165, 1.54) is 0 Å². The van der Waals surface area contributed by atoms with Crippen molar-refractivity contribution in [3.8, 4) is 0 Å². The maximum Gasteiger partial charge on any atom is 0.0894 e. The van der Waals surface area contributed by atoms with Crippen molar-refractivity contribution in [3.63, 3.8) is 0 Å². The Balaban J connectivity index is 3.38. The van der Waals surface area contributed by atoms with Crippen LogP contribution in [0, 0.1) is 0 Å². The van der Waals surface area contributed by atoms with Crippen LogP contribution in [0.1, 0.15) is 0 Å². The second-order valence-corrected chi connectivity index (χ2v) is 1.13. The van der Waals surface area contributed by atoms with E-state index < -0.39 is 0 Å². The quantitative estimate of drug-likeness (QED) is 0.510. The summed E-state index contributed by atoms with van der Waals surface area (Å²) in [4.78, 5) is 0. The molecule has 0 aliphatic carbocycles. The highest BCUT2D eigenvalue weighted by Crippen LogP contribution is 1.86. The molecule has 0 saturated carbocycles. The minimum Gasteiger partial charge on any atom is -0.392 e. The standard InChI is InChI=1S/C4H8FNO/c5-1-4(2-6)3-7/h1,7H,2-3,6H2/b4-1-. The number of hydrogen-bond acceptors (Lipinski definition) is 2. The van der Waals surface area contributed by atoms with Crippen molar-refractivity contribution in [3.05, 3.63) is 11.9 Å². The normalized spacial score (nSPS) is 12.1. The van der Waals surface area contributed by atoms with Gasteiger partial charge in [-0.15, -0.1) is 0 Å². The molecule has 0 amide bonds. The predicted molar refractivity (Wildman–Crippen MR) is 25.3 cm³/mol. The van der Waals surface area contributed by atoms with E-state index >= 15 is 0 Å². The van der Waals surface area contributed by atoms with Crippen LogP contribution in [0.3, 0.4) is 0 Å². The van der Waals surface area contributed by atoms with Gasteiger partial charge < -0.3 is 10.8 Å². The highest BCUT2D eigenvalue weighted by molar-refractivity contribution is 4.98. The zero-order valence-corrected chi connectivity index (χ0v) is 3.89. The lowest BCUT2D eigenvalue weighted by atomic mass is 10.3. The van der Waals surface area contributed by atoms with Gasteiger partial charge in [-0.25, -0.2) is 4.39 Å². The summed E-state index contributed by atoms with van der Waals surface area (Å²) < 4.78 is 11.3. The number of aliphatic hydroxyl groups is 1. The number of nitrogens with two attached hydrogens (primary N) is 1. The number of halogens is 1. The SMILES string of the molecule is NC/C(=C/F)CO. The van der Waals surface area contributed by atoms with E-state index in [0.717, 1.165) is 0 Å². The third kappa shape index (κ3) is 2.31. The minimum absolute atomic E-state index is 0.0903. The Morgan fingerprint density at radius 2 is 2.43 bits per heavy atom. The first-order valence-electron chi connectivity index (χ1n) is 1.94. The summed E-state index contributed by atoms with van der Waals surface area (Å²) in [6.07, 6.45) is 0.319. The Labute approximate surface area is 41.4 Å². The molecule has 42 valence electrons. The monoisotopic (exact) mass is 105 g/mol. The van der Waals surface area contributed by atoms with Crippen molar-refractivity contribution in [2.75, 3.05) is 13.2 Å². The fourth-order valence-corrected chi connectivity index (χ4v) is 0.144. The van der Waals surface area contributed by atoms with Gasteiger partial charge in [-0.2, -0.15) is 0 Å². The first kappa shape index (κ1) is 6.59. The van der Waals surface area contributed by atoms with Gasteiger partial charge in [0.1, 0.15) is 0 Å². The molecule has 0 rings (SSSR count). The average Bonchev–Trinajstić information content (AvgIpc) is 1.72. The van der Waals surface area contributed by atoms with Crippen LogP contribution >= 0.6 is 0 Å². The largest absolute Gasteiger partial charge is 0.392 e. The third-order valence-electron chi connectivity index (χ3n) is 0.620. The molecule has 0 fully saturated rings. The van der Waals surface area contributed by atoms with Crippen molar-refractivity contribution in [1.29, 1.82) is 0 Å². The molecular formula is C4H8FNO. The van der Waals surface area contributed by atoms with Crippen LogP contribution in [-0.4, -0.2) is 18.3 Å². The predicted octanol–water partition coefficient (Wildman–Crippen LogP) is -0.209. The van der Waals surface area contributed by atoms with E-state index in [1.54, 1.807) is 0 Å². The van der Waals surface area contributed by atoms with Gasteiger partial charge in [0.05, 0.1) is 12.9 Å². The highest BCUT2D eigenvalue weighted by Gasteiger charge is 1.86. The third-order valence-corrected chi connectivity index (χ3v) is 0.620. The van der Waals surface area contributed by atoms with Gasteiger partial charge in [0.2, 0.25) is 0 Å². The molecule has 0 saturated heterocycles. The fraction of sp³-hybridized carbons (Fsp3) is 0.500. The molecule has 0 aromatic rings. The lowest BCUT2D eigenvalue weighted by molar-refractivity contribution is 0.327. The smallest absolute Gasteiger partial charge is 0.0894 e. The molecule has 0 aliphatic rings. The maximum absolute atomic E-state index is 11.3. The summed E-state index contributed by atoms with van der Waals surface area (Å²) in [5.41, 5.74) is 5.15. The van der Waals surface area contributed by atoms with Crippen molar-refractivity contribution in [1.82, 2.24) is 0 Å². The Morgan fingerprint density at radius 1 is 1.86 bits per heavy atom. The Bertz CT molecular complexity index is 66.1. The molecule has 0 aliphatic heterocycles. The summed E-state index contributed by atoms with van der Waals surface area (Å²) in [5.74, 6) is 0. The van der Waals surface area contributed by atoms with Gasteiger partial charge in [-0.05, 0) is 5.57 Å². The molecule has 3 heteroatoms. The van der Waals surface area contributed by atoms with E-state index in [2.05, 4.69) is 0 Å². The zero-order chi connectivity index (χ0) is 5.70. The summed E-state index contributed by atoms with van der Waals surface area (Å²) >= 11 is 0. The van der Waals surface area contributed by atoms with E-state index in [9.17, 15) is 4.39 Å². The first-order chi connectivity index (χ1) is 3.35. The summed E-state index contributed by atoms with van der Waals surface area (Å²) in [6, 6.07) is 0. The molecule has 2 nitrogen and oxygen atoms in total. The van der Waals surface area contributed by atoms with Crippen LogP contribution in [0.15, 0.2) is 11.9 Å². The van der Waals surface area contributed by atoms with Gasteiger partial charge >= 0.3 is 0 Å². The first-order valence-corrected chi connectivity index (χ1v) is 1.94. The summed E-state index contributed by atoms with van der Waals surface area (Å²) in [5, 5.41) is 8.14.